The third-order valence-corrected chi connectivity index (χ3v) is 4.09. The van der Waals surface area contributed by atoms with E-state index in [0.29, 0.717) is 5.13 Å². The predicted molar refractivity (Wildman–Crippen MR) is 74.9 cm³/mol. The molecule has 0 saturated carbocycles. The Hall–Kier alpha value is -1.21. The first-order chi connectivity index (χ1) is 8.47. The van der Waals surface area contributed by atoms with Crippen LogP contribution in [0.1, 0.15) is 23.5 Å². The van der Waals surface area contributed by atoms with Gasteiger partial charge >= 0.3 is 0 Å². The lowest BCUT2D eigenvalue weighted by Crippen LogP contribution is -2.24. The van der Waals surface area contributed by atoms with Crippen molar-refractivity contribution in [2.24, 2.45) is 0 Å². The smallest absolute Gasteiger partial charge is 0.250 e. The first-order valence-electron chi connectivity index (χ1n) is 5.42. The molecule has 1 N–H and O–H groups in total. The highest BCUT2D eigenvalue weighted by molar-refractivity contribution is 9.10. The lowest BCUT2D eigenvalue weighted by atomic mass is 10.3. The Balaban J connectivity index is 2.09. The maximum Gasteiger partial charge on any atom is 0.250 e. The molecule has 2 aromatic rings. The molecule has 0 bridgehead atoms. The minimum absolute atomic E-state index is 0.126. The summed E-state index contributed by atoms with van der Waals surface area (Å²) in [7, 11) is 0. The molecule has 2 rings (SSSR count). The molecule has 0 spiro atoms. The van der Waals surface area contributed by atoms with Gasteiger partial charge in [-0.25, -0.2) is 4.98 Å². The summed E-state index contributed by atoms with van der Waals surface area (Å²) in [5.74, 6) is -0.126. The third kappa shape index (κ3) is 2.78. The van der Waals surface area contributed by atoms with E-state index < -0.39 is 0 Å². The second-order valence-electron chi connectivity index (χ2n) is 3.98. The topological polar surface area (TPSA) is 59.8 Å². The van der Waals surface area contributed by atoms with E-state index in [1.807, 2.05) is 13.8 Å². The average molecular weight is 329 g/mol. The van der Waals surface area contributed by atoms with E-state index in [1.165, 1.54) is 11.3 Å². The van der Waals surface area contributed by atoms with Crippen molar-refractivity contribution in [2.45, 2.75) is 26.8 Å². The number of hydrogen-bond acceptors (Lipinski definition) is 4. The number of thiazole rings is 1. The van der Waals surface area contributed by atoms with Gasteiger partial charge in [0.1, 0.15) is 6.04 Å². The van der Waals surface area contributed by atoms with Gasteiger partial charge in [-0.05, 0) is 36.7 Å². The van der Waals surface area contributed by atoms with E-state index in [-0.39, 0.29) is 11.9 Å². The molecule has 5 nitrogen and oxygen atoms in total. The van der Waals surface area contributed by atoms with Crippen molar-refractivity contribution in [3.63, 3.8) is 0 Å². The molecular weight excluding hydrogens is 316 g/mol. The maximum atomic E-state index is 12.0. The van der Waals surface area contributed by atoms with Gasteiger partial charge in [-0.1, -0.05) is 0 Å². The molecule has 0 fully saturated rings. The molecule has 18 heavy (non-hydrogen) atoms. The standard InChI is InChI=1S/C11H13BrN4OS/c1-6-4-13-11(18-6)14-10(17)8(3)16-5-9(12)7(2)15-16/h4-5,8H,1-3H3,(H,13,14,17)/t8-/m0/s1. The maximum absolute atomic E-state index is 12.0. The quantitative estimate of drug-likeness (QED) is 0.942. The summed E-state index contributed by atoms with van der Waals surface area (Å²) in [4.78, 5) is 17.2. The molecule has 0 unspecified atom stereocenters. The Morgan fingerprint density at radius 3 is 2.78 bits per heavy atom. The number of halogens is 1. The Bertz CT molecular complexity index is 558. The normalized spacial score (nSPS) is 12.4. The summed E-state index contributed by atoms with van der Waals surface area (Å²) < 4.78 is 2.53. The van der Waals surface area contributed by atoms with Crippen LogP contribution < -0.4 is 5.32 Å². The van der Waals surface area contributed by atoms with Crippen molar-refractivity contribution in [3.8, 4) is 0 Å². The largest absolute Gasteiger partial charge is 0.300 e. The lowest BCUT2D eigenvalue weighted by Gasteiger charge is -2.10. The fourth-order valence-electron chi connectivity index (χ4n) is 1.40. The number of anilines is 1. The molecule has 0 saturated heterocycles. The van der Waals surface area contributed by atoms with Crippen LogP contribution in [0.5, 0.6) is 0 Å². The Kier molecular flexibility index (Phi) is 3.82. The van der Waals surface area contributed by atoms with Gasteiger partial charge in [0, 0.05) is 17.3 Å². The number of nitrogens with zero attached hydrogens (tertiary/aromatic N) is 3. The predicted octanol–water partition coefficient (Wildman–Crippen LogP) is 2.92. The molecule has 0 aromatic carbocycles. The summed E-state index contributed by atoms with van der Waals surface area (Å²) in [5.41, 5.74) is 0.861. The fourth-order valence-corrected chi connectivity index (χ4v) is 2.36. The van der Waals surface area contributed by atoms with E-state index in [9.17, 15) is 4.79 Å². The monoisotopic (exact) mass is 328 g/mol. The van der Waals surface area contributed by atoms with Gasteiger partial charge in [-0.15, -0.1) is 11.3 Å². The number of carbonyl (C=O) groups excluding carboxylic acids is 1. The van der Waals surface area contributed by atoms with Crippen molar-refractivity contribution in [1.29, 1.82) is 0 Å². The van der Waals surface area contributed by atoms with Crippen molar-refractivity contribution in [3.05, 3.63) is 27.4 Å². The average Bonchev–Trinajstić information content (AvgIpc) is 2.85. The summed E-state index contributed by atoms with van der Waals surface area (Å²) in [6, 6.07) is -0.376. The summed E-state index contributed by atoms with van der Waals surface area (Å²) >= 11 is 4.83. The molecule has 0 aliphatic carbocycles. The number of nitrogens with one attached hydrogen (secondary N) is 1. The number of hydrogen-bond donors (Lipinski definition) is 1. The summed E-state index contributed by atoms with van der Waals surface area (Å²) in [5, 5.41) is 7.67. The molecule has 96 valence electrons. The van der Waals surface area contributed by atoms with E-state index >= 15 is 0 Å². The van der Waals surface area contributed by atoms with Crippen molar-refractivity contribution >= 4 is 38.3 Å². The fraction of sp³-hybridized carbons (Fsp3) is 0.364. The van der Waals surface area contributed by atoms with Crippen LogP contribution in [-0.4, -0.2) is 20.7 Å². The second kappa shape index (κ2) is 5.19. The third-order valence-electron chi connectivity index (χ3n) is 2.48. The molecule has 2 aromatic heterocycles. The number of rotatable bonds is 3. The number of aromatic nitrogens is 3. The lowest BCUT2D eigenvalue weighted by molar-refractivity contribution is -0.119. The van der Waals surface area contributed by atoms with Crippen LogP contribution in [-0.2, 0) is 4.79 Å². The number of amides is 1. The Morgan fingerprint density at radius 1 is 1.56 bits per heavy atom. The van der Waals surface area contributed by atoms with Crippen LogP contribution in [0.4, 0.5) is 5.13 Å². The summed E-state index contributed by atoms with van der Waals surface area (Å²) in [6.45, 7) is 5.63. The van der Waals surface area contributed by atoms with Gasteiger partial charge in [0.2, 0.25) is 0 Å². The van der Waals surface area contributed by atoms with Crippen molar-refractivity contribution in [2.75, 3.05) is 5.32 Å². The second-order valence-corrected chi connectivity index (χ2v) is 6.07. The Morgan fingerprint density at radius 2 is 2.28 bits per heavy atom. The highest BCUT2D eigenvalue weighted by Crippen LogP contribution is 2.20. The highest BCUT2D eigenvalue weighted by Gasteiger charge is 2.18. The zero-order valence-electron chi connectivity index (χ0n) is 10.3. The van der Waals surface area contributed by atoms with E-state index in [4.69, 9.17) is 0 Å². The SMILES string of the molecule is Cc1cnc(NC(=O)[C@H](C)n2cc(Br)c(C)n2)s1. The van der Waals surface area contributed by atoms with Crippen LogP contribution in [0.25, 0.3) is 0 Å². The van der Waals surface area contributed by atoms with Crippen LogP contribution in [0.2, 0.25) is 0 Å². The minimum atomic E-state index is -0.376. The molecular formula is C11H13BrN4OS. The Labute approximate surface area is 117 Å². The van der Waals surface area contributed by atoms with Crippen molar-refractivity contribution < 1.29 is 4.79 Å². The molecule has 0 aliphatic rings. The zero-order chi connectivity index (χ0) is 13.3. The molecule has 1 amide bonds. The molecule has 1 atom stereocenters. The van der Waals surface area contributed by atoms with Gasteiger partial charge in [0.15, 0.2) is 5.13 Å². The number of aryl methyl sites for hydroxylation is 2. The van der Waals surface area contributed by atoms with Gasteiger partial charge in [-0.3, -0.25) is 9.48 Å². The van der Waals surface area contributed by atoms with E-state index in [2.05, 4.69) is 31.3 Å². The van der Waals surface area contributed by atoms with Crippen LogP contribution in [0.15, 0.2) is 16.9 Å². The first-order valence-corrected chi connectivity index (χ1v) is 7.03. The van der Waals surface area contributed by atoms with E-state index in [1.54, 1.807) is 24.0 Å². The van der Waals surface area contributed by atoms with Crippen LogP contribution >= 0.6 is 27.3 Å². The first kappa shape index (κ1) is 13.2. The zero-order valence-corrected chi connectivity index (χ0v) is 12.7. The minimum Gasteiger partial charge on any atom is -0.300 e. The summed E-state index contributed by atoms with van der Waals surface area (Å²) in [6.07, 6.45) is 3.53. The van der Waals surface area contributed by atoms with Crippen LogP contribution in [0.3, 0.4) is 0 Å². The number of carbonyl (C=O) groups is 1. The molecule has 2 heterocycles. The molecule has 7 heteroatoms. The van der Waals surface area contributed by atoms with Gasteiger partial charge < -0.3 is 5.32 Å². The van der Waals surface area contributed by atoms with Gasteiger partial charge in [-0.2, -0.15) is 5.10 Å². The van der Waals surface area contributed by atoms with Crippen molar-refractivity contribution in [1.82, 2.24) is 14.8 Å². The molecule has 0 aliphatic heterocycles. The van der Waals surface area contributed by atoms with Gasteiger partial charge in [0.25, 0.3) is 5.91 Å². The molecule has 0 radical (unpaired) electrons. The van der Waals surface area contributed by atoms with Gasteiger partial charge in [0.05, 0.1) is 10.2 Å². The van der Waals surface area contributed by atoms with E-state index in [0.717, 1.165) is 15.0 Å². The highest BCUT2D eigenvalue weighted by atomic mass is 79.9. The van der Waals surface area contributed by atoms with Crippen LogP contribution in [0, 0.1) is 13.8 Å².